The summed E-state index contributed by atoms with van der Waals surface area (Å²) in [5.41, 5.74) is 1.19. The third-order valence-corrected chi connectivity index (χ3v) is 2.25. The molecule has 0 amide bonds. The summed E-state index contributed by atoms with van der Waals surface area (Å²) < 4.78 is 0. The molecule has 2 rings (SSSR count). The molecule has 0 bridgehead atoms. The van der Waals surface area contributed by atoms with Crippen molar-refractivity contribution in [3.05, 3.63) is 42.2 Å². The van der Waals surface area contributed by atoms with Crippen molar-refractivity contribution in [2.45, 2.75) is 19.8 Å². The van der Waals surface area contributed by atoms with E-state index >= 15 is 0 Å². The average molecular weight is 171 g/mol. The van der Waals surface area contributed by atoms with Gasteiger partial charge in [0.15, 0.2) is 0 Å². The van der Waals surface area contributed by atoms with Gasteiger partial charge in [-0.1, -0.05) is 38.1 Å². The molecule has 1 heterocycles. The molecular weight excluding hydrogens is 158 g/mol. The molecule has 0 atom stereocenters. The summed E-state index contributed by atoms with van der Waals surface area (Å²) in [6.07, 6.45) is 1.89. The lowest BCUT2D eigenvalue weighted by Gasteiger charge is -2.07. The predicted octanol–water partition coefficient (Wildman–Crippen LogP) is 3.36. The Hall–Kier alpha value is -1.37. The van der Waals surface area contributed by atoms with Gasteiger partial charge in [-0.25, -0.2) is 0 Å². The quantitative estimate of drug-likeness (QED) is 0.641. The number of fused-ring (bicyclic) bond motifs is 1. The number of aromatic nitrogens is 1. The van der Waals surface area contributed by atoms with Gasteiger partial charge in [-0.3, -0.25) is 4.98 Å². The largest absolute Gasteiger partial charge is 0.260 e. The molecule has 0 aliphatic rings. The lowest BCUT2D eigenvalue weighted by molar-refractivity contribution is 0.834. The highest BCUT2D eigenvalue weighted by Crippen LogP contribution is 2.22. The minimum atomic E-state index is 0.492. The van der Waals surface area contributed by atoms with Crippen molar-refractivity contribution in [3.63, 3.8) is 0 Å². The number of rotatable bonds is 1. The number of pyridine rings is 1. The zero-order valence-corrected chi connectivity index (χ0v) is 7.99. The number of hydrogen-bond donors (Lipinski definition) is 0. The first kappa shape index (κ1) is 8.24. The molecule has 0 saturated heterocycles. The van der Waals surface area contributed by atoms with E-state index in [0.717, 1.165) is 0 Å². The van der Waals surface area contributed by atoms with Crippen molar-refractivity contribution in [2.75, 3.05) is 0 Å². The highest BCUT2D eigenvalue weighted by atomic mass is 14.7. The molecule has 13 heavy (non-hydrogen) atoms. The van der Waals surface area contributed by atoms with Gasteiger partial charge in [0.25, 0.3) is 0 Å². The van der Waals surface area contributed by atoms with Gasteiger partial charge in [-0.05, 0) is 17.4 Å². The molecule has 1 aromatic carbocycles. The van der Waals surface area contributed by atoms with Gasteiger partial charge >= 0.3 is 0 Å². The first-order valence-corrected chi connectivity index (χ1v) is 4.62. The molecule has 0 saturated carbocycles. The topological polar surface area (TPSA) is 12.9 Å². The molecule has 0 aliphatic carbocycles. The fraction of sp³-hybridized carbons (Fsp3) is 0.250. The molecule has 0 radical (unpaired) electrons. The van der Waals surface area contributed by atoms with Crippen LogP contribution in [0.25, 0.3) is 10.8 Å². The summed E-state index contributed by atoms with van der Waals surface area (Å²) in [5, 5.41) is 2.56. The minimum Gasteiger partial charge on any atom is -0.260 e. The fourth-order valence-electron chi connectivity index (χ4n) is 1.60. The number of hydrogen-bond acceptors (Lipinski definition) is 1. The van der Waals surface area contributed by atoms with Gasteiger partial charge in [0.1, 0.15) is 0 Å². The SMILES string of the molecule is CC(C)c1nccc2ccccc12. The first-order valence-electron chi connectivity index (χ1n) is 4.62. The fourth-order valence-corrected chi connectivity index (χ4v) is 1.60. The smallest absolute Gasteiger partial charge is 0.0507 e. The lowest BCUT2D eigenvalue weighted by Crippen LogP contribution is -1.92. The molecule has 2 aromatic rings. The summed E-state index contributed by atoms with van der Waals surface area (Å²) >= 11 is 0. The molecule has 1 nitrogen and oxygen atoms in total. The summed E-state index contributed by atoms with van der Waals surface area (Å²) in [6, 6.07) is 10.4. The van der Waals surface area contributed by atoms with Crippen LogP contribution in [0.1, 0.15) is 25.5 Å². The van der Waals surface area contributed by atoms with Crippen molar-refractivity contribution >= 4 is 10.8 Å². The predicted molar refractivity (Wildman–Crippen MR) is 55.8 cm³/mol. The van der Waals surface area contributed by atoms with E-state index in [4.69, 9.17) is 0 Å². The van der Waals surface area contributed by atoms with Gasteiger partial charge < -0.3 is 0 Å². The van der Waals surface area contributed by atoms with Crippen LogP contribution in [0, 0.1) is 0 Å². The first-order chi connectivity index (χ1) is 6.29. The second-order valence-corrected chi connectivity index (χ2v) is 3.57. The van der Waals surface area contributed by atoms with Crippen molar-refractivity contribution in [1.82, 2.24) is 4.98 Å². The summed E-state index contributed by atoms with van der Waals surface area (Å²) in [4.78, 5) is 4.41. The Labute approximate surface area is 78.4 Å². The minimum absolute atomic E-state index is 0.492. The molecule has 66 valence electrons. The van der Waals surface area contributed by atoms with Crippen LogP contribution in [0.3, 0.4) is 0 Å². The van der Waals surface area contributed by atoms with Crippen molar-refractivity contribution in [3.8, 4) is 0 Å². The zero-order chi connectivity index (χ0) is 9.26. The van der Waals surface area contributed by atoms with E-state index in [0.29, 0.717) is 5.92 Å². The molecule has 0 fully saturated rings. The summed E-state index contributed by atoms with van der Waals surface area (Å²) in [5.74, 6) is 0.492. The van der Waals surface area contributed by atoms with Crippen LogP contribution in [0.2, 0.25) is 0 Å². The summed E-state index contributed by atoms with van der Waals surface area (Å²) in [6.45, 7) is 4.35. The van der Waals surface area contributed by atoms with Crippen LogP contribution in [-0.2, 0) is 0 Å². The van der Waals surface area contributed by atoms with Crippen LogP contribution in [0.15, 0.2) is 36.5 Å². The zero-order valence-electron chi connectivity index (χ0n) is 7.99. The molecule has 1 heteroatoms. The Balaban J connectivity index is 2.76. The number of benzene rings is 1. The average Bonchev–Trinajstić information content (AvgIpc) is 2.17. The van der Waals surface area contributed by atoms with Crippen LogP contribution in [0.5, 0.6) is 0 Å². The molecule has 0 unspecified atom stereocenters. The van der Waals surface area contributed by atoms with Crippen molar-refractivity contribution < 1.29 is 0 Å². The number of nitrogens with zero attached hydrogens (tertiary/aromatic N) is 1. The summed E-state index contributed by atoms with van der Waals surface area (Å²) in [7, 11) is 0. The second kappa shape index (κ2) is 3.17. The van der Waals surface area contributed by atoms with Gasteiger partial charge in [0.05, 0.1) is 5.69 Å². The van der Waals surface area contributed by atoms with Gasteiger partial charge in [0, 0.05) is 11.6 Å². The van der Waals surface area contributed by atoms with Gasteiger partial charge in [0.2, 0.25) is 0 Å². The van der Waals surface area contributed by atoms with Crippen LogP contribution in [0.4, 0.5) is 0 Å². The van der Waals surface area contributed by atoms with E-state index in [1.807, 2.05) is 6.20 Å². The van der Waals surface area contributed by atoms with Crippen LogP contribution < -0.4 is 0 Å². The Kier molecular flexibility index (Phi) is 2.01. The molecule has 0 N–H and O–H groups in total. The third-order valence-electron chi connectivity index (χ3n) is 2.25. The normalized spacial score (nSPS) is 11.0. The van der Waals surface area contributed by atoms with Crippen molar-refractivity contribution in [2.24, 2.45) is 0 Å². The monoisotopic (exact) mass is 171 g/mol. The van der Waals surface area contributed by atoms with E-state index in [1.165, 1.54) is 16.5 Å². The lowest BCUT2D eigenvalue weighted by atomic mass is 10.0. The molecule has 1 aromatic heterocycles. The van der Waals surface area contributed by atoms with Crippen LogP contribution in [-0.4, -0.2) is 4.98 Å². The third kappa shape index (κ3) is 1.42. The molecular formula is C12H13N. The highest BCUT2D eigenvalue weighted by Gasteiger charge is 2.04. The van der Waals surface area contributed by atoms with E-state index in [1.54, 1.807) is 0 Å². The van der Waals surface area contributed by atoms with Gasteiger partial charge in [-0.15, -0.1) is 0 Å². The van der Waals surface area contributed by atoms with E-state index < -0.39 is 0 Å². The van der Waals surface area contributed by atoms with Crippen LogP contribution >= 0.6 is 0 Å². The highest BCUT2D eigenvalue weighted by molar-refractivity contribution is 5.84. The second-order valence-electron chi connectivity index (χ2n) is 3.57. The van der Waals surface area contributed by atoms with Crippen molar-refractivity contribution in [1.29, 1.82) is 0 Å². The Bertz CT molecular complexity index is 413. The maximum absolute atomic E-state index is 4.41. The Morgan fingerprint density at radius 1 is 1.08 bits per heavy atom. The Morgan fingerprint density at radius 3 is 2.62 bits per heavy atom. The molecule has 0 aliphatic heterocycles. The van der Waals surface area contributed by atoms with Gasteiger partial charge in [-0.2, -0.15) is 0 Å². The maximum Gasteiger partial charge on any atom is 0.0507 e. The molecule has 0 spiro atoms. The Morgan fingerprint density at radius 2 is 1.85 bits per heavy atom. The maximum atomic E-state index is 4.41. The van der Waals surface area contributed by atoms with E-state index in [2.05, 4.69) is 49.2 Å². The van der Waals surface area contributed by atoms with E-state index in [-0.39, 0.29) is 0 Å². The van der Waals surface area contributed by atoms with E-state index in [9.17, 15) is 0 Å². The standard InChI is InChI=1S/C12H13N/c1-9(2)12-11-6-4-3-5-10(11)7-8-13-12/h3-9H,1-2H3.